The fourth-order valence-electron chi connectivity index (χ4n) is 3.39. The second kappa shape index (κ2) is 13.3. The topological polar surface area (TPSA) is 76.0 Å². The minimum absolute atomic E-state index is 0.0268. The lowest BCUT2D eigenvalue weighted by molar-refractivity contribution is 0.140. The zero-order chi connectivity index (χ0) is 20.9. The van der Waals surface area contributed by atoms with Crippen LogP contribution in [0.2, 0.25) is 0 Å². The van der Waals surface area contributed by atoms with E-state index in [0.717, 1.165) is 80.9 Å². The highest BCUT2D eigenvalue weighted by Crippen LogP contribution is 2.47. The van der Waals surface area contributed by atoms with E-state index in [4.69, 9.17) is 9.47 Å². The molecule has 0 unspecified atom stereocenters. The molecule has 0 fully saturated rings. The molecule has 28 heavy (non-hydrogen) atoms. The highest BCUT2D eigenvalue weighted by molar-refractivity contribution is 5.70. The Balaban J connectivity index is 3.62. The van der Waals surface area contributed by atoms with Crippen molar-refractivity contribution < 1.29 is 24.5 Å². The summed E-state index contributed by atoms with van der Waals surface area (Å²) in [6.45, 7) is 8.95. The number of ether oxygens (including phenoxy) is 2. The lowest BCUT2D eigenvalue weighted by atomic mass is 9.89. The average molecular weight is 395 g/mol. The van der Waals surface area contributed by atoms with Gasteiger partial charge in [0.05, 0.1) is 6.61 Å². The molecule has 0 atom stereocenters. The van der Waals surface area contributed by atoms with E-state index < -0.39 is 6.16 Å². The van der Waals surface area contributed by atoms with Crippen molar-refractivity contribution in [3.8, 4) is 17.2 Å². The third kappa shape index (κ3) is 6.92. The second-order valence-electron chi connectivity index (χ2n) is 7.32. The number of rotatable bonds is 14. The number of hydrogen-bond acceptors (Lipinski definition) is 4. The van der Waals surface area contributed by atoms with E-state index in [1.807, 2.05) is 0 Å². The average Bonchev–Trinajstić information content (AvgIpc) is 2.67. The Morgan fingerprint density at radius 3 is 1.75 bits per heavy atom. The van der Waals surface area contributed by atoms with Gasteiger partial charge in [-0.15, -0.1) is 0 Å². The fourth-order valence-corrected chi connectivity index (χ4v) is 3.39. The van der Waals surface area contributed by atoms with E-state index in [1.54, 1.807) is 0 Å². The number of aromatic hydroxyl groups is 1. The van der Waals surface area contributed by atoms with Gasteiger partial charge in [-0.2, -0.15) is 0 Å². The molecular formula is C23H38O5. The Kier molecular flexibility index (Phi) is 11.5. The van der Waals surface area contributed by atoms with Crippen molar-refractivity contribution in [1.82, 2.24) is 0 Å². The van der Waals surface area contributed by atoms with Crippen molar-refractivity contribution in [2.75, 3.05) is 6.61 Å². The minimum atomic E-state index is -1.43. The highest BCUT2D eigenvalue weighted by Gasteiger charge is 2.27. The Labute approximate surface area is 170 Å². The van der Waals surface area contributed by atoms with E-state index in [2.05, 4.69) is 27.7 Å². The fraction of sp³-hybridized carbons (Fsp3) is 0.696. The van der Waals surface area contributed by atoms with Gasteiger partial charge in [0.2, 0.25) is 5.75 Å². The molecule has 0 aliphatic heterocycles. The smallest absolute Gasteiger partial charge is 0.504 e. The molecule has 1 rings (SSSR count). The minimum Gasteiger partial charge on any atom is -0.504 e. The summed E-state index contributed by atoms with van der Waals surface area (Å²) in [5.41, 5.74) is 2.98. The molecule has 2 N–H and O–H groups in total. The van der Waals surface area contributed by atoms with Gasteiger partial charge in [0, 0.05) is 11.1 Å². The predicted octanol–water partition coefficient (Wildman–Crippen LogP) is 6.66. The van der Waals surface area contributed by atoms with Crippen LogP contribution in [0.3, 0.4) is 0 Å². The monoisotopic (exact) mass is 394 g/mol. The largest absolute Gasteiger partial charge is 0.511 e. The molecule has 160 valence electrons. The first kappa shape index (κ1) is 24.1. The number of hydrogen-bond donors (Lipinski definition) is 2. The lowest BCUT2D eigenvalue weighted by Crippen LogP contribution is -2.12. The van der Waals surface area contributed by atoms with Crippen LogP contribution in [0.1, 0.15) is 95.8 Å². The third-order valence-electron chi connectivity index (χ3n) is 4.98. The molecular weight excluding hydrogens is 356 g/mol. The summed E-state index contributed by atoms with van der Waals surface area (Å²) in [7, 11) is 0. The molecule has 0 saturated carbocycles. The van der Waals surface area contributed by atoms with E-state index >= 15 is 0 Å². The maximum Gasteiger partial charge on any atom is 0.511 e. The second-order valence-corrected chi connectivity index (χ2v) is 7.32. The SMILES string of the molecule is CCCCOc1c(CCCC)c(CCCC)c(CCCC)c(O)c1OC(=O)O. The molecule has 1 aromatic carbocycles. The van der Waals surface area contributed by atoms with Crippen LogP contribution in [0.4, 0.5) is 4.79 Å². The molecule has 0 spiro atoms. The molecule has 0 heterocycles. The molecule has 0 saturated heterocycles. The summed E-state index contributed by atoms with van der Waals surface area (Å²) in [6.07, 6.45) is 8.80. The predicted molar refractivity (Wildman–Crippen MR) is 113 cm³/mol. The van der Waals surface area contributed by atoms with Gasteiger partial charge in [0.1, 0.15) is 0 Å². The number of unbranched alkanes of at least 4 members (excludes halogenated alkanes) is 4. The van der Waals surface area contributed by atoms with Gasteiger partial charge in [0.15, 0.2) is 11.5 Å². The number of phenols is 1. The van der Waals surface area contributed by atoms with E-state index in [9.17, 15) is 15.0 Å². The molecule has 0 bridgehead atoms. The Morgan fingerprint density at radius 1 is 0.750 bits per heavy atom. The maximum atomic E-state index is 11.3. The van der Waals surface area contributed by atoms with Crippen molar-refractivity contribution in [3.05, 3.63) is 16.7 Å². The van der Waals surface area contributed by atoms with E-state index in [1.165, 1.54) is 0 Å². The first-order valence-electron chi connectivity index (χ1n) is 10.9. The summed E-state index contributed by atoms with van der Waals surface area (Å²) in [4.78, 5) is 11.3. The summed E-state index contributed by atoms with van der Waals surface area (Å²) in [5, 5.41) is 20.2. The van der Waals surface area contributed by atoms with Gasteiger partial charge in [0.25, 0.3) is 0 Å². The quantitative estimate of drug-likeness (QED) is 0.210. The van der Waals surface area contributed by atoms with Gasteiger partial charge < -0.3 is 19.7 Å². The van der Waals surface area contributed by atoms with E-state index in [-0.39, 0.29) is 11.5 Å². The highest BCUT2D eigenvalue weighted by atomic mass is 16.7. The molecule has 0 radical (unpaired) electrons. The third-order valence-corrected chi connectivity index (χ3v) is 4.98. The van der Waals surface area contributed by atoms with Crippen LogP contribution in [-0.2, 0) is 19.3 Å². The molecule has 0 amide bonds. The summed E-state index contributed by atoms with van der Waals surface area (Å²) in [6, 6.07) is 0. The van der Waals surface area contributed by atoms with Crippen LogP contribution in [0, 0.1) is 0 Å². The zero-order valence-electron chi connectivity index (χ0n) is 18.1. The first-order chi connectivity index (χ1) is 13.5. The summed E-state index contributed by atoms with van der Waals surface area (Å²) >= 11 is 0. The van der Waals surface area contributed by atoms with Crippen LogP contribution in [0.25, 0.3) is 0 Å². The van der Waals surface area contributed by atoms with Crippen molar-refractivity contribution in [2.24, 2.45) is 0 Å². The molecule has 0 aliphatic carbocycles. The number of carboxylic acid groups (broad SMARTS) is 1. The van der Waals surface area contributed by atoms with Gasteiger partial charge >= 0.3 is 6.16 Å². The van der Waals surface area contributed by atoms with Gasteiger partial charge in [-0.05, 0) is 50.5 Å². The molecule has 1 aromatic rings. The number of benzene rings is 1. The van der Waals surface area contributed by atoms with Crippen LogP contribution in [-0.4, -0.2) is 23.0 Å². The summed E-state index contributed by atoms with van der Waals surface area (Å²) < 4.78 is 11.1. The standard InChI is InChI=1S/C23H38O5/c1-5-9-13-17-18(14-10-6-2)20(24)22(28-23(25)26)21(27-16-12-8-4)19(17)15-11-7-3/h24H,5-16H2,1-4H3,(H,25,26). The van der Waals surface area contributed by atoms with E-state index in [0.29, 0.717) is 18.8 Å². The molecule has 5 nitrogen and oxygen atoms in total. The Hall–Kier alpha value is -1.91. The first-order valence-corrected chi connectivity index (χ1v) is 10.9. The van der Waals surface area contributed by atoms with Gasteiger partial charge in [-0.25, -0.2) is 4.79 Å². The van der Waals surface area contributed by atoms with Crippen LogP contribution in [0.5, 0.6) is 17.2 Å². The normalized spacial score (nSPS) is 10.9. The lowest BCUT2D eigenvalue weighted by Gasteiger charge is -2.23. The Morgan fingerprint density at radius 2 is 1.25 bits per heavy atom. The Bertz CT molecular complexity index is 610. The summed E-state index contributed by atoms with van der Waals surface area (Å²) in [5.74, 6) is 0.336. The van der Waals surface area contributed by atoms with Crippen molar-refractivity contribution >= 4 is 6.16 Å². The molecule has 0 aliphatic rings. The van der Waals surface area contributed by atoms with Crippen LogP contribution >= 0.6 is 0 Å². The van der Waals surface area contributed by atoms with Crippen molar-refractivity contribution in [3.63, 3.8) is 0 Å². The molecule has 0 aromatic heterocycles. The van der Waals surface area contributed by atoms with Crippen LogP contribution < -0.4 is 9.47 Å². The number of phenolic OH excluding ortho intramolecular Hbond substituents is 1. The number of carbonyl (C=O) groups is 1. The molecule has 5 heteroatoms. The van der Waals surface area contributed by atoms with Crippen molar-refractivity contribution in [2.45, 2.75) is 98.3 Å². The van der Waals surface area contributed by atoms with Crippen molar-refractivity contribution in [1.29, 1.82) is 0 Å². The van der Waals surface area contributed by atoms with Gasteiger partial charge in [-0.3, -0.25) is 0 Å². The van der Waals surface area contributed by atoms with Gasteiger partial charge in [-0.1, -0.05) is 53.4 Å². The maximum absolute atomic E-state index is 11.3. The zero-order valence-corrected chi connectivity index (χ0v) is 18.1. The van der Waals surface area contributed by atoms with Crippen LogP contribution in [0.15, 0.2) is 0 Å².